The molecule has 0 aliphatic heterocycles. The topological polar surface area (TPSA) is 72.6 Å². The zero-order valence-corrected chi connectivity index (χ0v) is 11.0. The second-order valence-electron chi connectivity index (χ2n) is 4.04. The molecule has 0 unspecified atom stereocenters. The van der Waals surface area contributed by atoms with Crippen molar-refractivity contribution in [3.63, 3.8) is 0 Å². The number of hydrogen-bond acceptors (Lipinski definition) is 3. The van der Waals surface area contributed by atoms with Crippen molar-refractivity contribution in [1.29, 1.82) is 0 Å². The van der Waals surface area contributed by atoms with Crippen molar-refractivity contribution in [2.75, 3.05) is 20.2 Å². The molecule has 104 valence electrons. The molecule has 1 rings (SSSR count). The second-order valence-corrected chi connectivity index (χ2v) is 4.04. The summed E-state index contributed by atoms with van der Waals surface area (Å²) in [6.07, 6.45) is 0.429. The Morgan fingerprint density at radius 3 is 2.63 bits per heavy atom. The number of ether oxygens (including phenoxy) is 1. The molecule has 0 spiro atoms. The first kappa shape index (κ1) is 14.9. The molecule has 0 aliphatic rings. The predicted molar refractivity (Wildman–Crippen MR) is 68.1 cm³/mol. The van der Waals surface area contributed by atoms with E-state index in [2.05, 4.69) is 0 Å². The molecule has 1 aromatic rings. The quantitative estimate of drug-likeness (QED) is 0.799. The molecule has 0 radical (unpaired) electrons. The lowest BCUT2D eigenvalue weighted by molar-refractivity contribution is -0.143. The molecule has 0 fully saturated rings. The maximum absolute atomic E-state index is 13.6. The van der Waals surface area contributed by atoms with Gasteiger partial charge in [0.1, 0.15) is 0 Å². The van der Waals surface area contributed by atoms with Crippen molar-refractivity contribution in [1.82, 2.24) is 4.90 Å². The minimum Gasteiger partial charge on any atom is -0.491 e. The number of nitrogens with two attached hydrogens (primary N) is 1. The summed E-state index contributed by atoms with van der Waals surface area (Å²) in [6.45, 7) is 2.46. The molecule has 2 amide bonds. The number of hydrogen-bond donors (Lipinski definition) is 1. The van der Waals surface area contributed by atoms with Gasteiger partial charge in [-0.25, -0.2) is 4.39 Å². The molecule has 5 nitrogen and oxygen atoms in total. The number of primary amides is 1. The van der Waals surface area contributed by atoms with Crippen LogP contribution in [0.15, 0.2) is 18.2 Å². The van der Waals surface area contributed by atoms with E-state index in [1.807, 2.05) is 0 Å². The highest BCUT2D eigenvalue weighted by Gasteiger charge is 2.14. The smallest absolute Gasteiger partial charge is 0.311 e. The summed E-state index contributed by atoms with van der Waals surface area (Å²) in [5.74, 6) is -2.00. The molecule has 0 aliphatic carbocycles. The average molecular weight is 268 g/mol. The maximum Gasteiger partial charge on any atom is 0.311 e. The van der Waals surface area contributed by atoms with Crippen LogP contribution >= 0.6 is 0 Å². The Kier molecular flexibility index (Phi) is 5.29. The van der Waals surface area contributed by atoms with Crippen LogP contribution in [0.5, 0.6) is 5.75 Å². The Morgan fingerprint density at radius 2 is 2.11 bits per heavy atom. The van der Waals surface area contributed by atoms with E-state index in [9.17, 15) is 14.0 Å². The van der Waals surface area contributed by atoms with Crippen LogP contribution in [0.2, 0.25) is 0 Å². The zero-order valence-electron chi connectivity index (χ0n) is 11.0. The third kappa shape index (κ3) is 4.24. The van der Waals surface area contributed by atoms with Gasteiger partial charge in [0.05, 0.1) is 6.61 Å². The zero-order chi connectivity index (χ0) is 14.4. The Balaban J connectivity index is 2.61. The lowest BCUT2D eigenvalue weighted by atomic mass is 10.1. The van der Waals surface area contributed by atoms with Crippen LogP contribution in [0.3, 0.4) is 0 Å². The highest BCUT2D eigenvalue weighted by Crippen LogP contribution is 2.18. The molecule has 0 saturated carbocycles. The lowest BCUT2D eigenvalue weighted by Crippen LogP contribution is -2.38. The number of nitrogens with zero attached hydrogens (tertiary/aromatic N) is 1. The van der Waals surface area contributed by atoms with Gasteiger partial charge in [0, 0.05) is 13.6 Å². The Labute approximate surface area is 111 Å². The minimum atomic E-state index is -1.000. The largest absolute Gasteiger partial charge is 0.491 e. The molecule has 0 aromatic heterocycles. The van der Waals surface area contributed by atoms with Gasteiger partial charge in [-0.1, -0.05) is 6.07 Å². The van der Waals surface area contributed by atoms with Crippen molar-refractivity contribution in [3.05, 3.63) is 29.6 Å². The Hall–Kier alpha value is -2.11. The molecule has 0 bridgehead atoms. The van der Waals surface area contributed by atoms with Crippen molar-refractivity contribution in [2.24, 2.45) is 5.73 Å². The first-order valence-electron chi connectivity index (χ1n) is 5.91. The van der Waals surface area contributed by atoms with Crippen LogP contribution in [-0.2, 0) is 16.0 Å². The molecule has 6 heteroatoms. The van der Waals surface area contributed by atoms with Gasteiger partial charge in [-0.05, 0) is 31.0 Å². The van der Waals surface area contributed by atoms with E-state index in [-0.39, 0.29) is 12.3 Å². The molecular weight excluding hydrogens is 251 g/mol. The van der Waals surface area contributed by atoms with Gasteiger partial charge in [-0.15, -0.1) is 0 Å². The van der Waals surface area contributed by atoms with Crippen LogP contribution < -0.4 is 10.5 Å². The van der Waals surface area contributed by atoms with Gasteiger partial charge in [0.2, 0.25) is 0 Å². The number of likely N-dealkylation sites (N-methyl/N-ethyl adjacent to an activating group) is 1. The summed E-state index contributed by atoms with van der Waals surface area (Å²) in [6, 6.07) is 4.62. The van der Waals surface area contributed by atoms with Gasteiger partial charge in [0.15, 0.2) is 11.6 Å². The molecular formula is C13H17FN2O3. The normalized spacial score (nSPS) is 10.1. The molecule has 0 saturated heterocycles. The van der Waals surface area contributed by atoms with Gasteiger partial charge in [0.25, 0.3) is 0 Å². The van der Waals surface area contributed by atoms with Crippen molar-refractivity contribution < 1.29 is 18.7 Å². The predicted octanol–water partition coefficient (Wildman–Crippen LogP) is 0.711. The van der Waals surface area contributed by atoms with E-state index >= 15 is 0 Å². The molecule has 0 heterocycles. The van der Waals surface area contributed by atoms with Gasteiger partial charge in [-0.2, -0.15) is 0 Å². The van der Waals surface area contributed by atoms with Crippen molar-refractivity contribution >= 4 is 11.8 Å². The van der Waals surface area contributed by atoms with Crippen molar-refractivity contribution in [3.8, 4) is 5.75 Å². The monoisotopic (exact) mass is 268 g/mol. The van der Waals surface area contributed by atoms with E-state index in [1.54, 1.807) is 19.1 Å². The van der Waals surface area contributed by atoms with Crippen LogP contribution in [-0.4, -0.2) is 36.9 Å². The molecule has 0 atom stereocenters. The third-order valence-corrected chi connectivity index (χ3v) is 2.59. The first-order chi connectivity index (χ1) is 8.95. The highest BCUT2D eigenvalue weighted by molar-refractivity contribution is 6.34. The van der Waals surface area contributed by atoms with Crippen LogP contribution in [0.25, 0.3) is 0 Å². The summed E-state index contributed by atoms with van der Waals surface area (Å²) in [7, 11) is 1.47. The molecule has 1 aromatic carbocycles. The minimum absolute atomic E-state index is 0.202. The summed E-state index contributed by atoms with van der Waals surface area (Å²) >= 11 is 0. The Bertz CT molecular complexity index is 477. The van der Waals surface area contributed by atoms with Gasteiger partial charge >= 0.3 is 11.8 Å². The van der Waals surface area contributed by atoms with E-state index in [0.29, 0.717) is 18.6 Å². The van der Waals surface area contributed by atoms with Gasteiger partial charge in [-0.3, -0.25) is 9.59 Å². The fourth-order valence-corrected chi connectivity index (χ4v) is 1.56. The lowest BCUT2D eigenvalue weighted by Gasteiger charge is -2.15. The van der Waals surface area contributed by atoms with E-state index in [1.165, 1.54) is 18.0 Å². The SMILES string of the molecule is CCOc1ccc(CCN(C)C(=O)C(N)=O)cc1F. The number of rotatable bonds is 5. The number of benzene rings is 1. The molecule has 19 heavy (non-hydrogen) atoms. The standard InChI is InChI=1S/C13H17FN2O3/c1-3-19-11-5-4-9(8-10(11)14)6-7-16(2)13(18)12(15)17/h4-5,8H,3,6-7H2,1-2H3,(H2,15,17). The summed E-state index contributed by atoms with van der Waals surface area (Å²) in [4.78, 5) is 23.1. The summed E-state index contributed by atoms with van der Waals surface area (Å²) < 4.78 is 18.7. The van der Waals surface area contributed by atoms with E-state index < -0.39 is 17.6 Å². The molecule has 2 N–H and O–H groups in total. The van der Waals surface area contributed by atoms with E-state index in [4.69, 9.17) is 10.5 Å². The van der Waals surface area contributed by atoms with Crippen LogP contribution in [0.4, 0.5) is 4.39 Å². The fourth-order valence-electron chi connectivity index (χ4n) is 1.56. The summed E-state index contributed by atoms with van der Waals surface area (Å²) in [5.41, 5.74) is 5.59. The number of amides is 2. The van der Waals surface area contributed by atoms with Crippen LogP contribution in [0.1, 0.15) is 12.5 Å². The maximum atomic E-state index is 13.6. The average Bonchev–Trinajstić information content (AvgIpc) is 2.38. The highest BCUT2D eigenvalue weighted by atomic mass is 19.1. The fraction of sp³-hybridized carbons (Fsp3) is 0.385. The number of carbonyl (C=O) groups is 2. The summed E-state index contributed by atoms with van der Waals surface area (Å²) in [5, 5.41) is 0. The first-order valence-corrected chi connectivity index (χ1v) is 5.91. The van der Waals surface area contributed by atoms with Gasteiger partial charge < -0.3 is 15.4 Å². The van der Waals surface area contributed by atoms with Crippen LogP contribution in [0, 0.1) is 5.82 Å². The second kappa shape index (κ2) is 6.72. The van der Waals surface area contributed by atoms with E-state index in [0.717, 1.165) is 0 Å². The number of halogens is 1. The Morgan fingerprint density at radius 1 is 1.42 bits per heavy atom. The van der Waals surface area contributed by atoms with Crippen molar-refractivity contribution in [2.45, 2.75) is 13.3 Å². The number of carbonyl (C=O) groups excluding carboxylic acids is 2. The third-order valence-electron chi connectivity index (χ3n) is 2.59.